The van der Waals surface area contributed by atoms with Crippen LogP contribution < -0.4 is 0 Å². The number of rotatable bonds is 3. The Kier molecular flexibility index (Phi) is 4.16. The molecule has 1 heterocycles. The summed E-state index contributed by atoms with van der Waals surface area (Å²) in [5.74, 6) is 0. The quantitative estimate of drug-likeness (QED) is 0.691. The van der Waals surface area contributed by atoms with Crippen LogP contribution in [0.3, 0.4) is 0 Å². The molecule has 0 aromatic heterocycles. The first kappa shape index (κ1) is 11.0. The number of piperidine rings is 1. The Morgan fingerprint density at radius 1 is 1.62 bits per heavy atom. The smallest absolute Gasteiger partial charge is 0.0639 e. The largest absolute Gasteiger partial charge is 0.392 e. The van der Waals surface area contributed by atoms with Gasteiger partial charge in [-0.15, -0.1) is 0 Å². The second kappa shape index (κ2) is 4.94. The van der Waals surface area contributed by atoms with E-state index in [0.717, 1.165) is 13.1 Å². The normalized spacial score (nSPS) is 27.9. The molecular formula is C10H22N2O. The van der Waals surface area contributed by atoms with Gasteiger partial charge in [0.25, 0.3) is 0 Å². The van der Waals surface area contributed by atoms with Crippen molar-refractivity contribution in [2.24, 2.45) is 0 Å². The summed E-state index contributed by atoms with van der Waals surface area (Å²) in [5, 5.41) is 9.26. The molecular weight excluding hydrogens is 164 g/mol. The lowest BCUT2D eigenvalue weighted by Gasteiger charge is -2.36. The summed E-state index contributed by atoms with van der Waals surface area (Å²) >= 11 is 0. The van der Waals surface area contributed by atoms with E-state index in [9.17, 15) is 5.11 Å². The maximum Gasteiger partial charge on any atom is 0.0639 e. The van der Waals surface area contributed by atoms with E-state index in [2.05, 4.69) is 23.9 Å². The molecule has 0 bridgehead atoms. The predicted molar refractivity (Wildman–Crippen MR) is 54.8 cm³/mol. The van der Waals surface area contributed by atoms with Gasteiger partial charge in [-0.3, -0.25) is 4.90 Å². The summed E-state index contributed by atoms with van der Waals surface area (Å²) in [7, 11) is 4.28. The van der Waals surface area contributed by atoms with E-state index in [4.69, 9.17) is 0 Å². The van der Waals surface area contributed by atoms with Gasteiger partial charge in [-0.2, -0.15) is 0 Å². The maximum absolute atomic E-state index is 9.26. The highest BCUT2D eigenvalue weighted by Crippen LogP contribution is 2.13. The Bertz CT molecular complexity index is 150. The van der Waals surface area contributed by atoms with Gasteiger partial charge < -0.3 is 10.0 Å². The summed E-state index contributed by atoms with van der Waals surface area (Å²) < 4.78 is 0. The SMILES string of the molecule is CC(O)CN(C)C1CCCN(C)C1. The lowest BCUT2D eigenvalue weighted by Crippen LogP contribution is -2.46. The van der Waals surface area contributed by atoms with Crippen molar-refractivity contribution in [3.05, 3.63) is 0 Å². The fraction of sp³-hybridized carbons (Fsp3) is 1.00. The first-order valence-electron chi connectivity index (χ1n) is 5.16. The van der Waals surface area contributed by atoms with E-state index in [1.54, 1.807) is 0 Å². The van der Waals surface area contributed by atoms with Crippen LogP contribution in [0.15, 0.2) is 0 Å². The fourth-order valence-electron chi connectivity index (χ4n) is 2.06. The van der Waals surface area contributed by atoms with Crippen LogP contribution in [-0.2, 0) is 0 Å². The zero-order chi connectivity index (χ0) is 9.84. The van der Waals surface area contributed by atoms with Crippen LogP contribution in [0.5, 0.6) is 0 Å². The molecule has 0 saturated carbocycles. The van der Waals surface area contributed by atoms with Crippen LogP contribution in [0.1, 0.15) is 19.8 Å². The van der Waals surface area contributed by atoms with Crippen LogP contribution in [0.4, 0.5) is 0 Å². The Morgan fingerprint density at radius 3 is 2.85 bits per heavy atom. The molecule has 1 rings (SSSR count). The number of aliphatic hydroxyl groups excluding tert-OH is 1. The first-order chi connectivity index (χ1) is 6.09. The van der Waals surface area contributed by atoms with Crippen molar-refractivity contribution >= 4 is 0 Å². The molecule has 2 atom stereocenters. The van der Waals surface area contributed by atoms with Gasteiger partial charge in [-0.25, -0.2) is 0 Å². The molecule has 0 spiro atoms. The minimum absolute atomic E-state index is 0.211. The lowest BCUT2D eigenvalue weighted by molar-refractivity contribution is 0.0826. The summed E-state index contributed by atoms with van der Waals surface area (Å²) in [6.45, 7) is 5.00. The third-order valence-electron chi connectivity index (χ3n) is 2.78. The number of likely N-dealkylation sites (tertiary alicyclic amines) is 1. The Labute approximate surface area is 81.3 Å². The van der Waals surface area contributed by atoms with Crippen LogP contribution >= 0.6 is 0 Å². The first-order valence-corrected chi connectivity index (χ1v) is 5.16. The van der Waals surface area contributed by atoms with Gasteiger partial charge in [0.05, 0.1) is 6.10 Å². The number of likely N-dealkylation sites (N-methyl/N-ethyl adjacent to an activating group) is 2. The van der Waals surface area contributed by atoms with Crippen LogP contribution in [0.25, 0.3) is 0 Å². The average Bonchev–Trinajstić information content (AvgIpc) is 2.03. The summed E-state index contributed by atoms with van der Waals surface area (Å²) in [4.78, 5) is 4.65. The van der Waals surface area contributed by atoms with Gasteiger partial charge in [0.2, 0.25) is 0 Å². The van der Waals surface area contributed by atoms with E-state index in [0.29, 0.717) is 6.04 Å². The van der Waals surface area contributed by atoms with Gasteiger partial charge in [0.1, 0.15) is 0 Å². The molecule has 1 N–H and O–H groups in total. The highest BCUT2D eigenvalue weighted by molar-refractivity contribution is 4.78. The minimum atomic E-state index is -0.211. The van der Waals surface area contributed by atoms with Crippen molar-refractivity contribution in [2.75, 3.05) is 33.7 Å². The molecule has 0 amide bonds. The summed E-state index contributed by atoms with van der Waals surface area (Å²) in [6, 6.07) is 0.633. The van der Waals surface area contributed by atoms with Crippen molar-refractivity contribution in [3.63, 3.8) is 0 Å². The Hall–Kier alpha value is -0.120. The second-order valence-corrected chi connectivity index (χ2v) is 4.35. The zero-order valence-corrected chi connectivity index (χ0v) is 9.03. The number of aliphatic hydroxyl groups is 1. The Balaban J connectivity index is 2.32. The van der Waals surface area contributed by atoms with E-state index >= 15 is 0 Å². The molecule has 2 unspecified atom stereocenters. The molecule has 1 fully saturated rings. The molecule has 0 radical (unpaired) electrons. The monoisotopic (exact) mass is 186 g/mol. The zero-order valence-electron chi connectivity index (χ0n) is 9.03. The molecule has 0 aromatic carbocycles. The van der Waals surface area contributed by atoms with Crippen molar-refractivity contribution in [2.45, 2.75) is 31.9 Å². The van der Waals surface area contributed by atoms with Gasteiger partial charge in [0, 0.05) is 19.1 Å². The number of hydrogen-bond donors (Lipinski definition) is 1. The molecule has 3 nitrogen and oxygen atoms in total. The van der Waals surface area contributed by atoms with Crippen LogP contribution in [0.2, 0.25) is 0 Å². The fourth-order valence-corrected chi connectivity index (χ4v) is 2.06. The van der Waals surface area contributed by atoms with E-state index in [1.807, 2.05) is 6.92 Å². The van der Waals surface area contributed by atoms with Crippen molar-refractivity contribution in [3.8, 4) is 0 Å². The lowest BCUT2D eigenvalue weighted by atomic mass is 10.0. The third kappa shape index (κ3) is 3.63. The van der Waals surface area contributed by atoms with Gasteiger partial charge in [-0.05, 0) is 40.4 Å². The molecule has 1 saturated heterocycles. The van der Waals surface area contributed by atoms with Crippen LogP contribution in [-0.4, -0.2) is 60.8 Å². The van der Waals surface area contributed by atoms with E-state index in [1.165, 1.54) is 19.4 Å². The predicted octanol–water partition coefficient (Wildman–Crippen LogP) is 0.393. The molecule has 3 heteroatoms. The van der Waals surface area contributed by atoms with Gasteiger partial charge >= 0.3 is 0 Å². The topological polar surface area (TPSA) is 26.7 Å². The van der Waals surface area contributed by atoms with Crippen molar-refractivity contribution in [1.29, 1.82) is 0 Å². The van der Waals surface area contributed by atoms with Crippen molar-refractivity contribution in [1.82, 2.24) is 9.80 Å². The standard InChI is InChI=1S/C10H22N2O/c1-9(13)7-12(3)10-5-4-6-11(2)8-10/h9-10,13H,4-8H2,1-3H3. The van der Waals surface area contributed by atoms with Crippen LogP contribution in [0, 0.1) is 0 Å². The van der Waals surface area contributed by atoms with E-state index in [-0.39, 0.29) is 6.10 Å². The third-order valence-corrected chi connectivity index (χ3v) is 2.78. The number of hydrogen-bond acceptors (Lipinski definition) is 3. The average molecular weight is 186 g/mol. The second-order valence-electron chi connectivity index (χ2n) is 4.35. The minimum Gasteiger partial charge on any atom is -0.392 e. The van der Waals surface area contributed by atoms with E-state index < -0.39 is 0 Å². The van der Waals surface area contributed by atoms with Gasteiger partial charge in [0.15, 0.2) is 0 Å². The molecule has 1 aliphatic heterocycles. The molecule has 78 valence electrons. The molecule has 0 aliphatic carbocycles. The summed E-state index contributed by atoms with van der Waals surface area (Å²) in [5.41, 5.74) is 0. The molecule has 1 aliphatic rings. The van der Waals surface area contributed by atoms with Crippen molar-refractivity contribution < 1.29 is 5.11 Å². The highest BCUT2D eigenvalue weighted by atomic mass is 16.3. The maximum atomic E-state index is 9.26. The molecule has 0 aromatic rings. The highest BCUT2D eigenvalue weighted by Gasteiger charge is 2.21. The molecule has 13 heavy (non-hydrogen) atoms. The Morgan fingerprint density at radius 2 is 2.31 bits per heavy atom. The number of nitrogens with zero attached hydrogens (tertiary/aromatic N) is 2. The van der Waals surface area contributed by atoms with Gasteiger partial charge in [-0.1, -0.05) is 0 Å². The summed E-state index contributed by atoms with van der Waals surface area (Å²) in [6.07, 6.45) is 2.34.